The maximum absolute atomic E-state index is 13.1. The molecule has 1 atom stereocenters. The largest absolute Gasteiger partial charge is 0.367 e. The minimum Gasteiger partial charge on any atom is -0.367 e. The number of unbranched alkanes of at least 4 members (excludes halogenated alkanes) is 1. The van der Waals surface area contributed by atoms with Crippen molar-refractivity contribution in [2.24, 2.45) is 0 Å². The van der Waals surface area contributed by atoms with Crippen molar-refractivity contribution in [3.8, 4) is 5.69 Å². The van der Waals surface area contributed by atoms with E-state index >= 15 is 0 Å². The molecule has 3 heterocycles. The molecule has 1 unspecified atom stereocenters. The van der Waals surface area contributed by atoms with Crippen LogP contribution in [0.5, 0.6) is 0 Å². The van der Waals surface area contributed by atoms with Crippen molar-refractivity contribution < 1.29 is 4.79 Å². The molecule has 1 spiro atoms. The van der Waals surface area contributed by atoms with Crippen molar-refractivity contribution >= 4 is 59.1 Å². The molecular formula is C30H40Cl2N4OS. The summed E-state index contributed by atoms with van der Waals surface area (Å²) < 4.78 is 2.26. The highest BCUT2D eigenvalue weighted by molar-refractivity contribution is 8.02. The van der Waals surface area contributed by atoms with Crippen LogP contribution >= 0.6 is 36.6 Å². The first kappa shape index (κ1) is 29.1. The molecule has 1 aromatic heterocycles. The third-order valence-corrected chi connectivity index (χ3v) is 10.1. The van der Waals surface area contributed by atoms with Crippen molar-refractivity contribution in [2.75, 3.05) is 44.2 Å². The third-order valence-electron chi connectivity index (χ3n) is 8.46. The molecule has 6 rings (SSSR count). The molecule has 2 aromatic carbocycles. The summed E-state index contributed by atoms with van der Waals surface area (Å²) in [7, 11) is 0. The van der Waals surface area contributed by atoms with Crippen LogP contribution in [0.4, 0.5) is 5.69 Å². The zero-order valence-electron chi connectivity index (χ0n) is 22.3. The van der Waals surface area contributed by atoms with Gasteiger partial charge in [-0.15, -0.1) is 36.6 Å². The van der Waals surface area contributed by atoms with Crippen LogP contribution in [0.1, 0.15) is 45.4 Å². The molecule has 1 aliphatic carbocycles. The fraction of sp³-hybridized carbons (Fsp3) is 0.500. The number of hydrogen-bond acceptors (Lipinski definition) is 4. The zero-order chi connectivity index (χ0) is 24.5. The Balaban J connectivity index is 0.00000168. The van der Waals surface area contributed by atoms with E-state index in [0.29, 0.717) is 11.3 Å². The topological polar surface area (TPSA) is 31.7 Å². The predicted octanol–water partition coefficient (Wildman–Crippen LogP) is 6.61. The fourth-order valence-corrected chi connectivity index (χ4v) is 8.20. The third kappa shape index (κ3) is 5.56. The van der Waals surface area contributed by atoms with Crippen molar-refractivity contribution in [3.63, 3.8) is 0 Å². The first-order chi connectivity index (χ1) is 17.6. The van der Waals surface area contributed by atoms with Gasteiger partial charge < -0.3 is 14.4 Å². The molecular weight excluding hydrogens is 535 g/mol. The fourth-order valence-electron chi connectivity index (χ4n) is 6.47. The van der Waals surface area contributed by atoms with Gasteiger partial charge in [0, 0.05) is 50.0 Å². The van der Waals surface area contributed by atoms with Crippen LogP contribution in [0.3, 0.4) is 0 Å². The van der Waals surface area contributed by atoms with Crippen molar-refractivity contribution in [1.82, 2.24) is 14.4 Å². The Morgan fingerprint density at radius 3 is 2.26 bits per heavy atom. The number of piperazine rings is 1. The van der Waals surface area contributed by atoms with E-state index in [2.05, 4.69) is 87.0 Å². The van der Waals surface area contributed by atoms with Gasteiger partial charge in [-0.05, 0) is 57.4 Å². The summed E-state index contributed by atoms with van der Waals surface area (Å²) in [5, 5.41) is 1.68. The number of carbonyl (C=O) groups excluding carboxylic acids is 1. The lowest BCUT2D eigenvalue weighted by molar-refractivity contribution is -0.132. The molecule has 3 fully saturated rings. The summed E-state index contributed by atoms with van der Waals surface area (Å²) in [5.74, 6) is 0.431. The van der Waals surface area contributed by atoms with Gasteiger partial charge in [0.05, 0.1) is 21.3 Å². The normalized spacial score (nSPS) is 21.2. The Bertz CT molecular complexity index is 1210. The Labute approximate surface area is 243 Å². The molecule has 5 nitrogen and oxygen atoms in total. The van der Waals surface area contributed by atoms with Gasteiger partial charge in [-0.2, -0.15) is 0 Å². The van der Waals surface area contributed by atoms with E-state index in [1.165, 1.54) is 41.5 Å². The van der Waals surface area contributed by atoms with Gasteiger partial charge in [0.25, 0.3) is 0 Å². The Hall–Kier alpha value is -1.86. The number of thioether (sulfide) groups is 1. The molecule has 8 heteroatoms. The average molecular weight is 576 g/mol. The van der Waals surface area contributed by atoms with Gasteiger partial charge in [0.2, 0.25) is 5.91 Å². The average Bonchev–Trinajstić information content (AvgIpc) is 3.60. The van der Waals surface area contributed by atoms with E-state index in [9.17, 15) is 4.79 Å². The molecule has 0 bridgehead atoms. The van der Waals surface area contributed by atoms with E-state index in [0.717, 1.165) is 58.5 Å². The maximum Gasteiger partial charge on any atom is 0.239 e. The lowest BCUT2D eigenvalue weighted by Crippen LogP contribution is -2.46. The molecule has 3 aromatic rings. The number of fused-ring (bicyclic) bond motifs is 1. The lowest BCUT2D eigenvalue weighted by Gasteiger charge is -2.36. The first-order valence-corrected chi connectivity index (χ1v) is 14.6. The molecule has 206 valence electrons. The highest BCUT2D eigenvalue weighted by Gasteiger charge is 2.51. The van der Waals surface area contributed by atoms with Gasteiger partial charge in [0.15, 0.2) is 0 Å². The molecule has 2 aliphatic heterocycles. The molecule has 1 amide bonds. The summed E-state index contributed by atoms with van der Waals surface area (Å²) in [6.07, 6.45) is 9.21. The van der Waals surface area contributed by atoms with Crippen LogP contribution in [-0.2, 0) is 4.79 Å². The van der Waals surface area contributed by atoms with E-state index in [1.807, 2.05) is 11.8 Å². The highest BCUT2D eigenvalue weighted by Crippen LogP contribution is 2.50. The van der Waals surface area contributed by atoms with Gasteiger partial charge in [-0.25, -0.2) is 0 Å². The van der Waals surface area contributed by atoms with Crippen LogP contribution < -0.4 is 4.90 Å². The van der Waals surface area contributed by atoms with Crippen LogP contribution in [0.25, 0.3) is 16.6 Å². The van der Waals surface area contributed by atoms with E-state index in [1.54, 1.807) is 0 Å². The first-order valence-electron chi connectivity index (χ1n) is 13.8. The predicted molar refractivity (Wildman–Crippen MR) is 166 cm³/mol. The quantitative estimate of drug-likeness (QED) is 0.297. The van der Waals surface area contributed by atoms with Gasteiger partial charge in [-0.1, -0.05) is 49.2 Å². The van der Waals surface area contributed by atoms with Crippen molar-refractivity contribution in [1.29, 1.82) is 0 Å². The number of halogens is 2. The number of anilines is 1. The summed E-state index contributed by atoms with van der Waals surface area (Å²) in [5.41, 5.74) is 3.82. The van der Waals surface area contributed by atoms with Crippen LogP contribution in [0, 0.1) is 0 Å². The standard InChI is InChI=1S/C30H38N4OS.2ClH/c1-24-33(29(35)30(36-24)15-7-8-16-30)18-10-9-17-31-19-21-32(22-20-31)28-23-34(25-11-3-2-4-12-25)27-14-6-5-13-26(27)28;;/h2-6,11-14,23-24H,7-10,15-22H2,1H3;2*1H. The number of rotatable bonds is 7. The van der Waals surface area contributed by atoms with Crippen molar-refractivity contribution in [3.05, 3.63) is 60.8 Å². The molecule has 0 radical (unpaired) electrons. The molecule has 0 N–H and O–H groups in total. The molecule has 1 saturated carbocycles. The minimum atomic E-state index is -0.0701. The number of aromatic nitrogens is 1. The van der Waals surface area contributed by atoms with Crippen LogP contribution in [0.2, 0.25) is 0 Å². The van der Waals surface area contributed by atoms with Gasteiger partial charge in [0.1, 0.15) is 0 Å². The number of hydrogen-bond donors (Lipinski definition) is 0. The smallest absolute Gasteiger partial charge is 0.239 e. The lowest BCUT2D eigenvalue weighted by atomic mass is 10.1. The van der Waals surface area contributed by atoms with E-state index in [-0.39, 0.29) is 29.6 Å². The second-order valence-corrected chi connectivity index (χ2v) is 12.4. The zero-order valence-corrected chi connectivity index (χ0v) is 24.7. The summed E-state index contributed by atoms with van der Waals surface area (Å²) in [4.78, 5) is 20.4. The monoisotopic (exact) mass is 574 g/mol. The van der Waals surface area contributed by atoms with E-state index < -0.39 is 0 Å². The Morgan fingerprint density at radius 2 is 1.53 bits per heavy atom. The van der Waals surface area contributed by atoms with Crippen LogP contribution in [-0.4, -0.2) is 69.7 Å². The molecule has 2 saturated heterocycles. The highest BCUT2D eigenvalue weighted by atomic mass is 35.5. The number of amides is 1. The molecule has 3 aliphatic rings. The maximum atomic E-state index is 13.1. The summed E-state index contributed by atoms with van der Waals surface area (Å²) in [6, 6.07) is 19.4. The summed E-state index contributed by atoms with van der Waals surface area (Å²) >= 11 is 1.94. The summed E-state index contributed by atoms with van der Waals surface area (Å²) in [6.45, 7) is 8.60. The van der Waals surface area contributed by atoms with E-state index in [4.69, 9.17) is 0 Å². The van der Waals surface area contributed by atoms with Crippen LogP contribution in [0.15, 0.2) is 60.8 Å². The Morgan fingerprint density at radius 1 is 0.868 bits per heavy atom. The number of benzene rings is 2. The number of nitrogens with zero attached hydrogens (tertiary/aromatic N) is 4. The SMILES string of the molecule is CC1SC2(CCCC2)C(=O)N1CCCCN1CCN(c2cn(-c3ccccc3)c3ccccc23)CC1.Cl.Cl. The minimum absolute atomic E-state index is 0. The Kier molecular flexibility index (Phi) is 9.62. The number of carbonyl (C=O) groups is 1. The van der Waals surface area contributed by atoms with Crippen molar-refractivity contribution in [2.45, 2.75) is 55.6 Å². The number of para-hydroxylation sites is 2. The second kappa shape index (κ2) is 12.5. The second-order valence-electron chi connectivity index (χ2n) is 10.7. The van der Waals surface area contributed by atoms with Gasteiger partial charge >= 0.3 is 0 Å². The van der Waals surface area contributed by atoms with Gasteiger partial charge in [-0.3, -0.25) is 9.69 Å². The molecule has 38 heavy (non-hydrogen) atoms.